The van der Waals surface area contributed by atoms with E-state index >= 15 is 0 Å². The van der Waals surface area contributed by atoms with E-state index in [9.17, 15) is 0 Å². The van der Waals surface area contributed by atoms with Crippen molar-refractivity contribution in [3.8, 4) is 11.1 Å². The number of fused-ring (bicyclic) bond motifs is 3. The van der Waals surface area contributed by atoms with Gasteiger partial charge in [-0.1, -0.05) is 77.9 Å². The summed E-state index contributed by atoms with van der Waals surface area (Å²) >= 11 is -0.826. The van der Waals surface area contributed by atoms with E-state index in [0.29, 0.717) is 0 Å². The van der Waals surface area contributed by atoms with Gasteiger partial charge in [0.1, 0.15) is 0 Å². The first-order valence-electron chi connectivity index (χ1n) is 8.31. The molecule has 0 unspecified atom stereocenters. The van der Waals surface area contributed by atoms with E-state index in [1.165, 1.54) is 33.4 Å². The van der Waals surface area contributed by atoms with Crippen LogP contribution < -0.4 is 0 Å². The number of hydrogen-bond donors (Lipinski definition) is 0. The SMILES string of the molecule is CC(C)(C)c1ccc2c(c1)-c1cc(C(C)(C)C)ccc1C2.[Cl][Zr][Cl]. The van der Waals surface area contributed by atoms with Gasteiger partial charge >= 0.3 is 37.9 Å². The predicted octanol–water partition coefficient (Wildman–Crippen LogP) is 7.23. The second-order valence-electron chi connectivity index (χ2n) is 8.49. The van der Waals surface area contributed by atoms with Crippen LogP contribution in [0.15, 0.2) is 36.4 Å². The van der Waals surface area contributed by atoms with Crippen LogP contribution in [0.5, 0.6) is 0 Å². The van der Waals surface area contributed by atoms with Crippen LogP contribution >= 0.6 is 17.0 Å². The van der Waals surface area contributed by atoms with Gasteiger partial charge in [0.25, 0.3) is 0 Å². The summed E-state index contributed by atoms with van der Waals surface area (Å²) in [5.41, 5.74) is 9.12. The van der Waals surface area contributed by atoms with Crippen LogP contribution in [0.4, 0.5) is 0 Å². The Hall–Kier alpha value is -0.0969. The molecule has 0 fully saturated rings. The minimum absolute atomic E-state index is 0.208. The molecule has 2 aromatic rings. The van der Waals surface area contributed by atoms with Gasteiger partial charge in [0.05, 0.1) is 0 Å². The van der Waals surface area contributed by atoms with Crippen molar-refractivity contribution in [1.29, 1.82) is 0 Å². The van der Waals surface area contributed by atoms with Crippen molar-refractivity contribution >= 4 is 17.0 Å². The van der Waals surface area contributed by atoms with E-state index in [1.54, 1.807) is 0 Å². The molecule has 3 heteroatoms. The molecule has 0 nitrogen and oxygen atoms in total. The molecule has 24 heavy (non-hydrogen) atoms. The average molecular weight is 441 g/mol. The zero-order valence-electron chi connectivity index (χ0n) is 15.4. The first-order chi connectivity index (χ1) is 11.1. The Morgan fingerprint density at radius 1 is 0.708 bits per heavy atom. The molecule has 1 aliphatic rings. The second-order valence-corrected chi connectivity index (χ2v) is 12.2. The van der Waals surface area contributed by atoms with Gasteiger partial charge in [-0.3, -0.25) is 0 Å². The third-order valence-corrected chi connectivity index (χ3v) is 4.62. The Kier molecular flexibility index (Phi) is 6.44. The second kappa shape index (κ2) is 7.65. The molecule has 0 aliphatic heterocycles. The molecule has 128 valence electrons. The van der Waals surface area contributed by atoms with E-state index in [0.717, 1.165) is 6.42 Å². The molecule has 0 heterocycles. The molecular formula is C21H26Cl2Zr. The summed E-state index contributed by atoms with van der Waals surface area (Å²) in [6, 6.07) is 14.1. The van der Waals surface area contributed by atoms with Crippen LogP contribution in [0.1, 0.15) is 63.8 Å². The van der Waals surface area contributed by atoms with Gasteiger partial charge in [-0.15, -0.1) is 0 Å². The van der Waals surface area contributed by atoms with Gasteiger partial charge in [-0.25, -0.2) is 0 Å². The molecule has 1 aliphatic carbocycles. The van der Waals surface area contributed by atoms with Crippen LogP contribution in [0.2, 0.25) is 0 Å². The summed E-state index contributed by atoms with van der Waals surface area (Å²) in [4.78, 5) is 0. The van der Waals surface area contributed by atoms with Crippen LogP contribution in [-0.2, 0) is 38.1 Å². The number of hydrogen-bond acceptors (Lipinski definition) is 0. The Morgan fingerprint density at radius 2 is 1.04 bits per heavy atom. The molecule has 0 saturated heterocycles. The number of rotatable bonds is 0. The van der Waals surface area contributed by atoms with Crippen LogP contribution in [0.3, 0.4) is 0 Å². The van der Waals surface area contributed by atoms with Crippen molar-refractivity contribution in [2.75, 3.05) is 0 Å². The quantitative estimate of drug-likeness (QED) is 0.346. The predicted molar refractivity (Wildman–Crippen MR) is 104 cm³/mol. The molecule has 0 N–H and O–H groups in total. The van der Waals surface area contributed by atoms with Crippen molar-refractivity contribution in [2.45, 2.75) is 58.8 Å². The van der Waals surface area contributed by atoms with Gasteiger partial charge < -0.3 is 0 Å². The van der Waals surface area contributed by atoms with Gasteiger partial charge in [0.2, 0.25) is 0 Å². The van der Waals surface area contributed by atoms with Gasteiger partial charge in [0.15, 0.2) is 0 Å². The summed E-state index contributed by atoms with van der Waals surface area (Å²) < 4.78 is 0. The molecule has 0 aromatic heterocycles. The molecule has 3 rings (SSSR count). The minimum atomic E-state index is -0.826. The summed E-state index contributed by atoms with van der Waals surface area (Å²) in [7, 11) is 9.87. The Balaban J connectivity index is 0.000000647. The van der Waals surface area contributed by atoms with Crippen molar-refractivity contribution in [3.63, 3.8) is 0 Å². The maximum absolute atomic E-state index is 4.93. The Bertz CT molecular complexity index is 660. The van der Waals surface area contributed by atoms with Crippen molar-refractivity contribution in [1.82, 2.24) is 0 Å². The molecule has 0 atom stereocenters. The third-order valence-electron chi connectivity index (χ3n) is 4.62. The van der Waals surface area contributed by atoms with Crippen molar-refractivity contribution < 1.29 is 20.8 Å². The number of halogens is 2. The Morgan fingerprint density at radius 3 is 1.33 bits per heavy atom. The van der Waals surface area contributed by atoms with Gasteiger partial charge in [0, 0.05) is 0 Å². The van der Waals surface area contributed by atoms with Crippen LogP contribution in [0.25, 0.3) is 11.1 Å². The maximum atomic E-state index is 4.93. The first kappa shape index (κ1) is 20.2. The number of benzene rings is 2. The zero-order chi connectivity index (χ0) is 18.1. The first-order valence-corrected chi connectivity index (χ1v) is 14.6. The fourth-order valence-electron chi connectivity index (χ4n) is 3.10. The zero-order valence-corrected chi connectivity index (χ0v) is 19.4. The third kappa shape index (κ3) is 4.54. The fourth-order valence-corrected chi connectivity index (χ4v) is 3.10. The van der Waals surface area contributed by atoms with Crippen molar-refractivity contribution in [3.05, 3.63) is 58.7 Å². The van der Waals surface area contributed by atoms with Crippen molar-refractivity contribution in [2.24, 2.45) is 0 Å². The van der Waals surface area contributed by atoms with Crippen LogP contribution in [-0.4, -0.2) is 0 Å². The molecular weight excluding hydrogens is 414 g/mol. The standard InChI is InChI=1S/C21H26.2ClH.Zr/c1-20(2,3)16-9-7-14-11-15-8-10-17(21(4,5)6)13-19(15)18(14)12-16;;;/h7-10,12-13H,11H2,1-6H3;2*1H;/q;;;+2/p-2. The summed E-state index contributed by atoms with van der Waals surface area (Å²) in [6.07, 6.45) is 1.08. The van der Waals surface area contributed by atoms with E-state index in [-0.39, 0.29) is 10.8 Å². The molecule has 0 spiro atoms. The topological polar surface area (TPSA) is 0 Å². The average Bonchev–Trinajstić information content (AvgIpc) is 2.83. The Labute approximate surface area is 165 Å². The van der Waals surface area contributed by atoms with E-state index in [4.69, 9.17) is 17.0 Å². The van der Waals surface area contributed by atoms with Gasteiger partial charge in [-0.2, -0.15) is 0 Å². The van der Waals surface area contributed by atoms with E-state index in [1.807, 2.05) is 0 Å². The summed E-state index contributed by atoms with van der Waals surface area (Å²) in [6.45, 7) is 13.7. The van der Waals surface area contributed by atoms with Crippen LogP contribution in [0, 0.1) is 0 Å². The summed E-state index contributed by atoms with van der Waals surface area (Å²) in [5, 5.41) is 0. The molecule has 0 saturated carbocycles. The molecule has 0 radical (unpaired) electrons. The summed E-state index contributed by atoms with van der Waals surface area (Å²) in [5.74, 6) is 0. The van der Waals surface area contributed by atoms with Gasteiger partial charge in [-0.05, 0) is 50.6 Å². The molecule has 0 amide bonds. The van der Waals surface area contributed by atoms with E-state index in [2.05, 4.69) is 77.9 Å². The monoisotopic (exact) mass is 438 g/mol. The molecule has 2 aromatic carbocycles. The fraction of sp³-hybridized carbons (Fsp3) is 0.429. The van der Waals surface area contributed by atoms with E-state index < -0.39 is 20.8 Å². The molecule has 0 bridgehead atoms. The normalized spacial score (nSPS) is 12.8.